The monoisotopic (exact) mass is 566 g/mol. The second-order valence-electron chi connectivity index (χ2n) is 11.4. The van der Waals surface area contributed by atoms with Crippen molar-refractivity contribution in [3.05, 3.63) is 48.0 Å². The molecule has 0 saturated carbocycles. The normalized spacial score (nSPS) is 21.8. The first-order valence-electron chi connectivity index (χ1n) is 13.9. The molecule has 1 fully saturated rings. The number of tetrazole rings is 1. The van der Waals surface area contributed by atoms with E-state index in [1.807, 2.05) is 37.3 Å². The minimum Gasteiger partial charge on any atom is -0.394 e. The molecule has 4 heterocycles. The van der Waals surface area contributed by atoms with Crippen molar-refractivity contribution in [3.63, 3.8) is 0 Å². The van der Waals surface area contributed by atoms with Gasteiger partial charge < -0.3 is 30.7 Å². The van der Waals surface area contributed by atoms with Crippen LogP contribution in [0, 0.1) is 5.41 Å². The van der Waals surface area contributed by atoms with Gasteiger partial charge in [0.1, 0.15) is 12.2 Å². The second kappa shape index (κ2) is 12.0. The van der Waals surface area contributed by atoms with Gasteiger partial charge in [-0.2, -0.15) is 14.8 Å². The molecule has 1 saturated heterocycles. The predicted octanol–water partition coefficient (Wildman–Crippen LogP) is 1.69. The fourth-order valence-electron chi connectivity index (χ4n) is 4.70. The van der Waals surface area contributed by atoms with Gasteiger partial charge in [-0.3, -0.25) is 4.57 Å². The van der Waals surface area contributed by atoms with Crippen LogP contribution < -0.4 is 10.6 Å². The van der Waals surface area contributed by atoms with Crippen molar-refractivity contribution in [1.29, 1.82) is 0 Å². The Morgan fingerprint density at radius 1 is 1.10 bits per heavy atom. The van der Waals surface area contributed by atoms with Crippen LogP contribution in [0.25, 0.3) is 11.2 Å². The number of nitrogens with one attached hydrogen (secondary N) is 2. The van der Waals surface area contributed by atoms with E-state index in [0.29, 0.717) is 36.5 Å². The number of aliphatic hydroxyl groups excluding tert-OH is 3. The van der Waals surface area contributed by atoms with E-state index in [1.54, 1.807) is 4.57 Å². The van der Waals surface area contributed by atoms with E-state index in [2.05, 4.69) is 51.8 Å². The number of aryl methyl sites for hydroxylation is 1. The minimum absolute atomic E-state index is 0.109. The SMILES string of the molecule is CCn1nnc(C2OC(n3cnc4c(NCCC(C)(C)C)nc(NC(CO)Cc5ccccc5)nc43)C(O)C2O)n1. The van der Waals surface area contributed by atoms with Gasteiger partial charge in [-0.15, -0.1) is 10.2 Å². The third-order valence-electron chi connectivity index (χ3n) is 6.99. The molecule has 14 heteroatoms. The number of imidazole rings is 1. The predicted molar refractivity (Wildman–Crippen MR) is 151 cm³/mol. The Kier molecular flexibility index (Phi) is 8.45. The summed E-state index contributed by atoms with van der Waals surface area (Å²) in [5, 5.41) is 50.7. The van der Waals surface area contributed by atoms with E-state index < -0.39 is 24.5 Å². The maximum atomic E-state index is 11.0. The van der Waals surface area contributed by atoms with Crippen molar-refractivity contribution in [2.24, 2.45) is 5.41 Å². The van der Waals surface area contributed by atoms with E-state index >= 15 is 0 Å². The number of fused-ring (bicyclic) bond motifs is 1. The van der Waals surface area contributed by atoms with Crippen molar-refractivity contribution < 1.29 is 20.1 Å². The highest BCUT2D eigenvalue weighted by atomic mass is 16.6. The molecule has 1 aromatic carbocycles. The molecule has 0 bridgehead atoms. The molecule has 3 aromatic heterocycles. The van der Waals surface area contributed by atoms with Crippen LogP contribution in [0.5, 0.6) is 0 Å². The van der Waals surface area contributed by atoms with Crippen molar-refractivity contribution >= 4 is 22.9 Å². The molecule has 5 rings (SSSR count). The number of hydrogen-bond acceptors (Lipinski definition) is 12. The number of aliphatic hydroxyl groups is 3. The number of aromatic nitrogens is 8. The fourth-order valence-corrected chi connectivity index (χ4v) is 4.70. The Balaban J connectivity index is 1.47. The molecular formula is C27H38N10O4. The maximum Gasteiger partial charge on any atom is 0.227 e. The van der Waals surface area contributed by atoms with E-state index in [-0.39, 0.29) is 29.8 Å². The second-order valence-corrected chi connectivity index (χ2v) is 11.4. The van der Waals surface area contributed by atoms with E-state index in [1.165, 1.54) is 11.1 Å². The third-order valence-corrected chi connectivity index (χ3v) is 6.99. The first kappa shape index (κ1) is 28.8. The van der Waals surface area contributed by atoms with Crippen LogP contribution in [-0.4, -0.2) is 86.4 Å². The summed E-state index contributed by atoms with van der Waals surface area (Å²) in [4.78, 5) is 15.3. The van der Waals surface area contributed by atoms with Gasteiger partial charge in [0, 0.05) is 6.54 Å². The summed E-state index contributed by atoms with van der Waals surface area (Å²) in [6.45, 7) is 9.38. The molecule has 14 nitrogen and oxygen atoms in total. The zero-order valence-electron chi connectivity index (χ0n) is 23.7. The van der Waals surface area contributed by atoms with Crippen molar-refractivity contribution in [1.82, 2.24) is 39.7 Å². The lowest BCUT2D eigenvalue weighted by molar-refractivity contribution is -0.0384. The van der Waals surface area contributed by atoms with E-state index in [9.17, 15) is 15.3 Å². The van der Waals surface area contributed by atoms with E-state index in [4.69, 9.17) is 14.7 Å². The Morgan fingerprint density at radius 2 is 1.88 bits per heavy atom. The standard InChI is InChI=1S/C27H38N10O4/c1-5-37-34-23(33-35-37)21-19(39)20(40)25(41-21)36-15-29-18-22(28-12-11-27(2,3)4)31-26(32-24(18)36)30-17(14-38)13-16-9-7-6-8-10-16/h6-10,15,17,19-21,25,38-40H,5,11-14H2,1-4H3,(H2,28,30,31,32). The number of ether oxygens (including phenoxy) is 1. The molecular weight excluding hydrogens is 528 g/mol. The molecule has 0 spiro atoms. The Labute approximate surface area is 237 Å². The molecule has 5 N–H and O–H groups in total. The zero-order valence-corrected chi connectivity index (χ0v) is 23.7. The van der Waals surface area contributed by atoms with Gasteiger partial charge in [0.15, 0.2) is 29.3 Å². The lowest BCUT2D eigenvalue weighted by Gasteiger charge is -2.20. The zero-order chi connectivity index (χ0) is 29.1. The smallest absolute Gasteiger partial charge is 0.227 e. The Hall–Kier alpha value is -3.72. The highest BCUT2D eigenvalue weighted by molar-refractivity contribution is 5.84. The number of hydrogen-bond donors (Lipinski definition) is 5. The van der Waals surface area contributed by atoms with Crippen LogP contribution in [0.1, 0.15) is 57.8 Å². The Morgan fingerprint density at radius 3 is 2.56 bits per heavy atom. The molecule has 0 aliphatic carbocycles. The summed E-state index contributed by atoms with van der Waals surface area (Å²) in [7, 11) is 0. The molecule has 5 atom stereocenters. The maximum absolute atomic E-state index is 11.0. The molecule has 1 aliphatic heterocycles. The molecule has 1 aliphatic rings. The van der Waals surface area contributed by atoms with Crippen LogP contribution in [0.4, 0.5) is 11.8 Å². The van der Waals surface area contributed by atoms with Gasteiger partial charge >= 0.3 is 0 Å². The summed E-state index contributed by atoms with van der Waals surface area (Å²) in [6.07, 6.45) is -1.64. The van der Waals surface area contributed by atoms with Crippen molar-refractivity contribution in [3.8, 4) is 0 Å². The van der Waals surface area contributed by atoms with Gasteiger partial charge in [0.2, 0.25) is 11.8 Å². The average molecular weight is 567 g/mol. The third kappa shape index (κ3) is 6.45. The quantitative estimate of drug-likeness (QED) is 0.177. The molecule has 220 valence electrons. The highest BCUT2D eigenvalue weighted by Gasteiger charge is 2.47. The summed E-state index contributed by atoms with van der Waals surface area (Å²) in [5.74, 6) is 0.970. The molecule has 0 amide bonds. The van der Waals surface area contributed by atoms with Gasteiger partial charge in [-0.05, 0) is 36.0 Å². The fraction of sp³-hybridized carbons (Fsp3) is 0.556. The minimum atomic E-state index is -1.31. The van der Waals surface area contributed by atoms with Crippen LogP contribution in [0.15, 0.2) is 36.7 Å². The number of nitrogens with zero attached hydrogens (tertiary/aromatic N) is 8. The summed E-state index contributed by atoms with van der Waals surface area (Å²) < 4.78 is 7.64. The van der Waals surface area contributed by atoms with Crippen LogP contribution in [0.3, 0.4) is 0 Å². The Bertz CT molecular complexity index is 1440. The summed E-state index contributed by atoms with van der Waals surface area (Å²) in [6, 6.07) is 9.50. The first-order valence-corrected chi connectivity index (χ1v) is 13.9. The summed E-state index contributed by atoms with van der Waals surface area (Å²) >= 11 is 0. The first-order chi connectivity index (χ1) is 19.7. The van der Waals surface area contributed by atoms with Crippen molar-refractivity contribution in [2.75, 3.05) is 23.8 Å². The van der Waals surface area contributed by atoms with Crippen LogP contribution in [-0.2, 0) is 17.7 Å². The van der Waals surface area contributed by atoms with Gasteiger partial charge in [0.05, 0.1) is 25.5 Å². The lowest BCUT2D eigenvalue weighted by Crippen LogP contribution is -2.29. The molecule has 5 unspecified atom stereocenters. The molecule has 41 heavy (non-hydrogen) atoms. The van der Waals surface area contributed by atoms with Gasteiger partial charge in [-0.25, -0.2) is 4.98 Å². The van der Waals surface area contributed by atoms with Gasteiger partial charge in [0.25, 0.3) is 0 Å². The number of anilines is 2. The average Bonchev–Trinajstić information content (AvgIpc) is 3.66. The number of benzene rings is 1. The molecule has 4 aromatic rings. The summed E-state index contributed by atoms with van der Waals surface area (Å²) in [5.41, 5.74) is 2.04. The number of rotatable bonds is 11. The van der Waals surface area contributed by atoms with Crippen LogP contribution >= 0.6 is 0 Å². The lowest BCUT2D eigenvalue weighted by atomic mass is 9.92. The van der Waals surface area contributed by atoms with Crippen LogP contribution in [0.2, 0.25) is 0 Å². The molecule has 0 radical (unpaired) electrons. The van der Waals surface area contributed by atoms with E-state index in [0.717, 1.165) is 12.0 Å². The van der Waals surface area contributed by atoms with Gasteiger partial charge in [-0.1, -0.05) is 51.1 Å². The highest BCUT2D eigenvalue weighted by Crippen LogP contribution is 2.39. The van der Waals surface area contributed by atoms with Crippen molar-refractivity contribution in [2.45, 2.75) is 77.7 Å². The largest absolute Gasteiger partial charge is 0.394 e. The topological polar surface area (TPSA) is 181 Å².